The Bertz CT molecular complexity index is 587. The summed E-state index contributed by atoms with van der Waals surface area (Å²) in [6.45, 7) is 1.84. The van der Waals surface area contributed by atoms with Crippen molar-refractivity contribution in [3.63, 3.8) is 0 Å². The third kappa shape index (κ3) is 1.75. The van der Waals surface area contributed by atoms with Gasteiger partial charge < -0.3 is 9.84 Å². The van der Waals surface area contributed by atoms with Gasteiger partial charge in [-0.25, -0.2) is 0 Å². The highest BCUT2D eigenvalue weighted by Crippen LogP contribution is 2.38. The number of hydrogen-bond acceptors (Lipinski definition) is 4. The van der Waals surface area contributed by atoms with E-state index in [1.807, 2.05) is 6.92 Å². The molecule has 0 unspecified atom stereocenters. The lowest BCUT2D eigenvalue weighted by Crippen LogP contribution is -2.16. The van der Waals surface area contributed by atoms with Gasteiger partial charge in [0, 0.05) is 17.2 Å². The van der Waals surface area contributed by atoms with E-state index in [1.165, 1.54) is 19.3 Å². The van der Waals surface area contributed by atoms with Crippen LogP contribution >= 0.6 is 15.9 Å². The molecule has 5 heteroatoms. The van der Waals surface area contributed by atoms with Gasteiger partial charge in [0.1, 0.15) is 11.5 Å². The fourth-order valence-electron chi connectivity index (χ4n) is 2.02. The molecular formula is C13H11BrO4. The summed E-state index contributed by atoms with van der Waals surface area (Å²) in [5, 5.41) is 10.1. The van der Waals surface area contributed by atoms with E-state index in [9.17, 15) is 14.7 Å². The third-order valence-corrected chi connectivity index (χ3v) is 3.49. The predicted molar refractivity (Wildman–Crippen MR) is 69.7 cm³/mol. The van der Waals surface area contributed by atoms with E-state index in [-0.39, 0.29) is 32.9 Å². The summed E-state index contributed by atoms with van der Waals surface area (Å²) in [6.07, 6.45) is 1.69. The molecule has 1 aromatic rings. The van der Waals surface area contributed by atoms with Gasteiger partial charge in [-0.05, 0) is 28.4 Å². The number of benzene rings is 1. The number of ketones is 2. The Kier molecular flexibility index (Phi) is 3.26. The Hall–Kier alpha value is -1.62. The van der Waals surface area contributed by atoms with Gasteiger partial charge in [-0.2, -0.15) is 0 Å². The van der Waals surface area contributed by atoms with Gasteiger partial charge in [0.05, 0.1) is 17.2 Å². The predicted octanol–water partition coefficient (Wildman–Crippen LogP) is 2.62. The zero-order valence-electron chi connectivity index (χ0n) is 9.91. The van der Waals surface area contributed by atoms with Gasteiger partial charge in [-0.15, -0.1) is 0 Å². The molecule has 1 aliphatic rings. The zero-order valence-corrected chi connectivity index (χ0v) is 11.5. The highest BCUT2D eigenvalue weighted by atomic mass is 79.9. The molecule has 1 N–H and O–H groups in total. The molecule has 0 aromatic heterocycles. The largest absolute Gasteiger partial charge is 0.507 e. The molecule has 94 valence electrons. The van der Waals surface area contributed by atoms with Crippen molar-refractivity contribution in [1.82, 2.24) is 0 Å². The van der Waals surface area contributed by atoms with Crippen LogP contribution < -0.4 is 4.74 Å². The van der Waals surface area contributed by atoms with E-state index in [2.05, 4.69) is 15.9 Å². The van der Waals surface area contributed by atoms with Gasteiger partial charge in [0.2, 0.25) is 5.78 Å². The number of fused-ring (bicyclic) bond motifs is 1. The molecule has 0 heterocycles. The Labute approximate surface area is 112 Å². The number of halogens is 1. The van der Waals surface area contributed by atoms with Crippen LogP contribution in [0.3, 0.4) is 0 Å². The molecule has 0 radical (unpaired) electrons. The minimum atomic E-state index is -0.383. The van der Waals surface area contributed by atoms with Gasteiger partial charge >= 0.3 is 0 Å². The average Bonchev–Trinajstić information content (AvgIpc) is 2.34. The Balaban J connectivity index is 2.79. The van der Waals surface area contributed by atoms with Crippen molar-refractivity contribution in [2.24, 2.45) is 0 Å². The molecule has 0 amide bonds. The van der Waals surface area contributed by atoms with Crippen LogP contribution in [0.2, 0.25) is 0 Å². The van der Waals surface area contributed by atoms with E-state index in [1.54, 1.807) is 0 Å². The number of hydrogen-bond donors (Lipinski definition) is 1. The minimum Gasteiger partial charge on any atom is -0.507 e. The average molecular weight is 311 g/mol. The molecule has 0 atom stereocenters. The van der Waals surface area contributed by atoms with Crippen molar-refractivity contribution in [3.8, 4) is 11.5 Å². The Morgan fingerprint density at radius 1 is 1.39 bits per heavy atom. The van der Waals surface area contributed by atoms with Crippen LogP contribution in [-0.2, 0) is 6.42 Å². The highest BCUT2D eigenvalue weighted by molar-refractivity contribution is 9.12. The fraction of sp³-hybridized carbons (Fsp3) is 0.231. The van der Waals surface area contributed by atoms with Gasteiger partial charge in [-0.3, -0.25) is 9.59 Å². The number of carbonyl (C=O) groups is 2. The number of rotatable bonds is 2. The summed E-state index contributed by atoms with van der Waals surface area (Å²) >= 11 is 3.04. The van der Waals surface area contributed by atoms with E-state index < -0.39 is 0 Å². The van der Waals surface area contributed by atoms with Crippen LogP contribution in [0.5, 0.6) is 11.5 Å². The number of aromatic hydroxyl groups is 1. The Morgan fingerprint density at radius 2 is 2.06 bits per heavy atom. The van der Waals surface area contributed by atoms with Crippen LogP contribution in [-0.4, -0.2) is 23.8 Å². The minimum absolute atomic E-state index is 0.0563. The van der Waals surface area contributed by atoms with E-state index in [0.717, 1.165) is 0 Å². The number of ether oxygens (including phenoxy) is 1. The first-order chi connectivity index (χ1) is 8.51. The van der Waals surface area contributed by atoms with Gasteiger partial charge in [0.25, 0.3) is 0 Å². The summed E-state index contributed by atoms with van der Waals surface area (Å²) < 4.78 is 5.33. The Morgan fingerprint density at radius 3 is 2.61 bits per heavy atom. The second-order valence-electron chi connectivity index (χ2n) is 3.87. The first-order valence-electron chi connectivity index (χ1n) is 5.40. The summed E-state index contributed by atoms with van der Waals surface area (Å²) in [6, 6.07) is 1.50. The molecule has 0 saturated carbocycles. The fourth-order valence-corrected chi connectivity index (χ4v) is 2.44. The maximum absolute atomic E-state index is 11.9. The molecule has 18 heavy (non-hydrogen) atoms. The smallest absolute Gasteiger partial charge is 0.201 e. The van der Waals surface area contributed by atoms with E-state index in [0.29, 0.717) is 17.7 Å². The van der Waals surface area contributed by atoms with Crippen molar-refractivity contribution >= 4 is 27.5 Å². The lowest BCUT2D eigenvalue weighted by molar-refractivity contribution is 0.0989. The molecule has 0 fully saturated rings. The maximum Gasteiger partial charge on any atom is 0.201 e. The topological polar surface area (TPSA) is 63.6 Å². The molecular weight excluding hydrogens is 300 g/mol. The molecule has 4 nitrogen and oxygen atoms in total. The highest BCUT2D eigenvalue weighted by Gasteiger charge is 2.30. The molecule has 0 saturated heterocycles. The molecule has 0 aliphatic heterocycles. The number of phenolic OH excluding ortho intramolecular Hbond substituents is 1. The lowest BCUT2D eigenvalue weighted by Gasteiger charge is -2.18. The summed E-state index contributed by atoms with van der Waals surface area (Å²) in [5.41, 5.74) is 0.755. The number of carbonyl (C=O) groups excluding carboxylic acids is 2. The molecule has 0 bridgehead atoms. The van der Waals surface area contributed by atoms with Crippen molar-refractivity contribution in [2.75, 3.05) is 7.11 Å². The number of methoxy groups -OCH3 is 1. The summed E-state index contributed by atoms with van der Waals surface area (Å²) in [5.74, 6) is -0.467. The molecule has 1 aromatic carbocycles. The lowest BCUT2D eigenvalue weighted by atomic mass is 9.90. The van der Waals surface area contributed by atoms with Crippen molar-refractivity contribution in [1.29, 1.82) is 0 Å². The molecule has 1 aliphatic carbocycles. The third-order valence-electron chi connectivity index (χ3n) is 2.90. The SMILES string of the molecule is CCc1c(OC)cc2c(c1O)C(=O)C=C(Br)C2=O. The number of Topliss-reactive ketones (excluding diaryl/α,β-unsaturated/α-hetero) is 1. The van der Waals surface area contributed by atoms with Crippen LogP contribution in [0, 0.1) is 0 Å². The maximum atomic E-state index is 11.9. The quantitative estimate of drug-likeness (QED) is 0.912. The normalized spacial score (nSPS) is 14.3. The van der Waals surface area contributed by atoms with Crippen LogP contribution in [0.4, 0.5) is 0 Å². The second-order valence-corrected chi connectivity index (χ2v) is 4.72. The van der Waals surface area contributed by atoms with Crippen LogP contribution in [0.15, 0.2) is 16.6 Å². The first kappa shape index (κ1) is 12.8. The zero-order chi connectivity index (χ0) is 13.4. The molecule has 0 spiro atoms. The van der Waals surface area contributed by atoms with Gasteiger partial charge in [0.15, 0.2) is 5.78 Å². The van der Waals surface area contributed by atoms with E-state index >= 15 is 0 Å². The first-order valence-corrected chi connectivity index (χ1v) is 6.19. The second kappa shape index (κ2) is 4.57. The van der Waals surface area contributed by atoms with Crippen LogP contribution in [0.25, 0.3) is 0 Å². The van der Waals surface area contributed by atoms with Crippen LogP contribution in [0.1, 0.15) is 33.2 Å². The number of phenols is 1. The monoisotopic (exact) mass is 310 g/mol. The van der Waals surface area contributed by atoms with Crippen molar-refractivity contribution < 1.29 is 19.4 Å². The summed E-state index contributed by atoms with van der Waals surface area (Å²) in [7, 11) is 1.46. The van der Waals surface area contributed by atoms with E-state index in [4.69, 9.17) is 4.74 Å². The number of allylic oxidation sites excluding steroid dienone is 2. The van der Waals surface area contributed by atoms with Crippen molar-refractivity contribution in [2.45, 2.75) is 13.3 Å². The standard InChI is InChI=1S/C13H11BrO4/c1-3-6-10(18-2)4-7-11(13(6)17)9(15)5-8(14)12(7)16/h4-5,17H,3H2,1-2H3. The van der Waals surface area contributed by atoms with Gasteiger partial charge in [-0.1, -0.05) is 6.92 Å². The summed E-state index contributed by atoms with van der Waals surface area (Å²) in [4.78, 5) is 23.8. The van der Waals surface area contributed by atoms with Crippen molar-refractivity contribution in [3.05, 3.63) is 33.3 Å². The molecule has 2 rings (SSSR count).